The van der Waals surface area contributed by atoms with Gasteiger partial charge in [-0.25, -0.2) is 15.0 Å². The standard InChI is InChI=1S/C32H36BrN7O13/c1-17(41)50-26-23(15-48-24(44)12-33)53-31(28(52-19(3)43)27(26)51-18(2)42)49-14-21-13-34-29-25(36-21)30(45)39(32(37-29)35-16-38(4)5)11-10-20-6-8-22(9-7-20)40(46)47/h6-9,13,16,23,26-28,31H,10-12,14-15H2,1-5H3/b35-16+/t23-,26+,27+,28-,31-/m1/s1. The molecule has 3 aromatic rings. The lowest BCUT2D eigenvalue weighted by Crippen LogP contribution is -2.62. The van der Waals surface area contributed by atoms with Gasteiger partial charge in [0.2, 0.25) is 5.95 Å². The molecule has 0 radical (unpaired) electrons. The van der Waals surface area contributed by atoms with Crippen LogP contribution in [0.2, 0.25) is 0 Å². The molecule has 21 heteroatoms. The zero-order valence-electron chi connectivity index (χ0n) is 29.2. The highest BCUT2D eigenvalue weighted by molar-refractivity contribution is 9.09. The number of nitro benzene ring substituents is 1. The molecule has 1 fully saturated rings. The van der Waals surface area contributed by atoms with Gasteiger partial charge in [0.15, 0.2) is 35.8 Å². The van der Waals surface area contributed by atoms with Gasteiger partial charge in [-0.1, -0.05) is 28.1 Å². The van der Waals surface area contributed by atoms with Crippen LogP contribution in [0.3, 0.4) is 0 Å². The highest BCUT2D eigenvalue weighted by Gasteiger charge is 2.52. The summed E-state index contributed by atoms with van der Waals surface area (Å²) in [5.41, 5.74) is 0.0226. The van der Waals surface area contributed by atoms with E-state index < -0.39 is 78.3 Å². The van der Waals surface area contributed by atoms with Crippen LogP contribution in [-0.4, -0.2) is 116 Å². The Morgan fingerprint density at radius 3 is 2.26 bits per heavy atom. The molecule has 3 heterocycles. The Hall–Kier alpha value is -5.41. The highest BCUT2D eigenvalue weighted by atomic mass is 79.9. The van der Waals surface area contributed by atoms with Crippen LogP contribution in [0.15, 0.2) is 40.2 Å². The van der Waals surface area contributed by atoms with Crippen molar-refractivity contribution < 1.29 is 52.5 Å². The van der Waals surface area contributed by atoms with Gasteiger partial charge in [-0.05, 0) is 12.0 Å². The number of nitrogens with zero attached hydrogens (tertiary/aromatic N) is 7. The molecule has 0 aliphatic carbocycles. The van der Waals surface area contributed by atoms with E-state index in [1.54, 1.807) is 31.1 Å². The molecular formula is C32H36BrN7O13. The third-order valence-electron chi connectivity index (χ3n) is 7.28. The number of rotatable bonds is 15. The first kappa shape index (κ1) is 40.4. The van der Waals surface area contributed by atoms with Crippen molar-refractivity contribution in [3.8, 4) is 0 Å². The monoisotopic (exact) mass is 805 g/mol. The van der Waals surface area contributed by atoms with Crippen molar-refractivity contribution >= 4 is 68.9 Å². The van der Waals surface area contributed by atoms with E-state index in [-0.39, 0.29) is 40.4 Å². The number of halogens is 1. The first-order valence-electron chi connectivity index (χ1n) is 15.9. The van der Waals surface area contributed by atoms with Gasteiger partial charge in [0.05, 0.1) is 29.8 Å². The lowest BCUT2D eigenvalue weighted by atomic mass is 9.98. The lowest BCUT2D eigenvalue weighted by Gasteiger charge is -2.44. The van der Waals surface area contributed by atoms with Gasteiger partial charge in [-0.2, -0.15) is 4.98 Å². The average molecular weight is 807 g/mol. The summed E-state index contributed by atoms with van der Waals surface area (Å²) in [5, 5.41) is 10.9. The molecule has 284 valence electrons. The van der Waals surface area contributed by atoms with Gasteiger partial charge >= 0.3 is 23.9 Å². The molecule has 1 saturated heterocycles. The lowest BCUT2D eigenvalue weighted by molar-refractivity contribution is -0.384. The van der Waals surface area contributed by atoms with Crippen LogP contribution in [0.5, 0.6) is 0 Å². The molecule has 0 N–H and O–H groups in total. The summed E-state index contributed by atoms with van der Waals surface area (Å²) >= 11 is 2.99. The fraction of sp³-hybridized carbons (Fsp3) is 0.469. The first-order valence-corrected chi connectivity index (χ1v) is 17.0. The second-order valence-corrected chi connectivity index (χ2v) is 12.2. The molecule has 0 saturated carbocycles. The first-order chi connectivity index (χ1) is 25.2. The molecule has 0 spiro atoms. The van der Waals surface area contributed by atoms with E-state index in [9.17, 15) is 34.1 Å². The van der Waals surface area contributed by atoms with Gasteiger partial charge in [0.1, 0.15) is 18.0 Å². The van der Waals surface area contributed by atoms with E-state index in [2.05, 4.69) is 35.9 Å². The minimum atomic E-state index is -1.50. The van der Waals surface area contributed by atoms with Crippen LogP contribution in [0.1, 0.15) is 32.0 Å². The van der Waals surface area contributed by atoms with Gasteiger partial charge < -0.3 is 33.3 Å². The molecule has 53 heavy (non-hydrogen) atoms. The quantitative estimate of drug-likeness (QED) is 0.0402. The molecule has 2 aromatic heterocycles. The fourth-order valence-electron chi connectivity index (χ4n) is 5.08. The Morgan fingerprint density at radius 2 is 1.66 bits per heavy atom. The number of aliphatic imine (C=N–C) groups is 1. The van der Waals surface area contributed by atoms with Crippen molar-refractivity contribution in [2.45, 2.75) is 71.0 Å². The predicted octanol–water partition coefficient (Wildman–Crippen LogP) is 1.53. The Morgan fingerprint density at radius 1 is 1.02 bits per heavy atom. The SMILES string of the molecule is CC(=O)O[C@H]1[C@@H](OC(C)=O)[C@@H](COC(=O)CBr)O[C@@H](OCc2cnc3nc(/N=C/N(C)C)n(CCc4ccc([N+](=O)[O-])cc4)c(=O)c3n2)[C@@H]1OC(C)=O. The number of carbonyl (C=O) groups is 4. The summed E-state index contributed by atoms with van der Waals surface area (Å²) in [6.07, 6.45) is -4.03. The maximum Gasteiger partial charge on any atom is 0.316 e. The summed E-state index contributed by atoms with van der Waals surface area (Å²) in [5.74, 6) is -3.04. The van der Waals surface area contributed by atoms with Gasteiger partial charge in [0.25, 0.3) is 11.2 Å². The maximum absolute atomic E-state index is 13.8. The molecule has 5 atom stereocenters. The zero-order chi connectivity index (χ0) is 38.8. The molecule has 0 unspecified atom stereocenters. The second-order valence-electron chi connectivity index (χ2n) is 11.7. The van der Waals surface area contributed by atoms with Crippen LogP contribution in [-0.2, 0) is 67.2 Å². The van der Waals surface area contributed by atoms with E-state index >= 15 is 0 Å². The highest BCUT2D eigenvalue weighted by Crippen LogP contribution is 2.30. The van der Waals surface area contributed by atoms with E-state index in [0.717, 1.165) is 26.3 Å². The number of hydrogen-bond donors (Lipinski definition) is 0. The minimum Gasteiger partial charge on any atom is -0.462 e. The summed E-state index contributed by atoms with van der Waals surface area (Å²) in [6, 6.07) is 5.90. The average Bonchev–Trinajstić information content (AvgIpc) is 3.10. The molecule has 1 aliphatic heterocycles. The number of esters is 4. The fourth-order valence-corrected chi connectivity index (χ4v) is 5.25. The van der Waals surface area contributed by atoms with Gasteiger partial charge in [-0.3, -0.25) is 38.7 Å². The Balaban J connectivity index is 1.67. The van der Waals surface area contributed by atoms with E-state index in [0.29, 0.717) is 6.42 Å². The van der Waals surface area contributed by atoms with Crippen LogP contribution >= 0.6 is 15.9 Å². The van der Waals surface area contributed by atoms with Gasteiger partial charge in [0, 0.05) is 53.5 Å². The largest absolute Gasteiger partial charge is 0.462 e. The Kier molecular flexibility index (Phi) is 14.0. The number of alkyl halides is 1. The normalized spacial score (nSPS) is 19.8. The van der Waals surface area contributed by atoms with Crippen molar-refractivity contribution in [2.75, 3.05) is 26.0 Å². The third-order valence-corrected chi connectivity index (χ3v) is 7.74. The summed E-state index contributed by atoms with van der Waals surface area (Å²) in [6.45, 7) is 2.52. The van der Waals surface area contributed by atoms with Crippen molar-refractivity contribution in [1.82, 2.24) is 24.4 Å². The van der Waals surface area contributed by atoms with Crippen LogP contribution in [0, 0.1) is 10.1 Å². The third kappa shape index (κ3) is 11.0. The number of carbonyl (C=O) groups excluding carboxylic acids is 4. The van der Waals surface area contributed by atoms with Crippen molar-refractivity contribution in [1.29, 1.82) is 0 Å². The number of hydrogen-bond acceptors (Lipinski definition) is 17. The Bertz CT molecular complexity index is 1920. The number of non-ortho nitro benzene ring substituents is 1. The minimum absolute atomic E-state index is 0.0178. The predicted molar refractivity (Wildman–Crippen MR) is 185 cm³/mol. The Labute approximate surface area is 309 Å². The number of aryl methyl sites for hydroxylation is 1. The molecule has 0 amide bonds. The van der Waals surface area contributed by atoms with E-state index in [4.69, 9.17) is 28.4 Å². The summed E-state index contributed by atoms with van der Waals surface area (Å²) < 4.78 is 34.7. The second kappa shape index (κ2) is 18.4. The topological polar surface area (TPSA) is 243 Å². The smallest absolute Gasteiger partial charge is 0.316 e. The van der Waals surface area contributed by atoms with Crippen LogP contribution in [0.4, 0.5) is 11.6 Å². The van der Waals surface area contributed by atoms with Crippen LogP contribution in [0.25, 0.3) is 11.2 Å². The van der Waals surface area contributed by atoms with Crippen molar-refractivity contribution in [3.05, 3.63) is 62.2 Å². The van der Waals surface area contributed by atoms with Crippen molar-refractivity contribution in [3.63, 3.8) is 0 Å². The number of nitro groups is 1. The summed E-state index contributed by atoms with van der Waals surface area (Å²) in [4.78, 5) is 91.8. The molecule has 20 nitrogen and oxygen atoms in total. The number of aromatic nitrogens is 4. The molecule has 0 bridgehead atoms. The number of ether oxygens (including phenoxy) is 6. The van der Waals surface area contributed by atoms with E-state index in [1.165, 1.54) is 29.2 Å². The molecule has 1 aliphatic rings. The molecular weight excluding hydrogens is 770 g/mol. The maximum atomic E-state index is 13.8. The molecule has 4 rings (SSSR count). The zero-order valence-corrected chi connectivity index (χ0v) is 30.8. The van der Waals surface area contributed by atoms with Crippen molar-refractivity contribution in [2.24, 2.45) is 4.99 Å². The molecule has 1 aromatic carbocycles. The van der Waals surface area contributed by atoms with E-state index in [1.807, 2.05) is 0 Å². The summed E-state index contributed by atoms with van der Waals surface area (Å²) in [7, 11) is 3.47. The number of benzene rings is 1. The number of fused-ring (bicyclic) bond motifs is 1. The van der Waals surface area contributed by atoms with Gasteiger partial charge in [-0.15, -0.1) is 0 Å². The van der Waals surface area contributed by atoms with Crippen LogP contribution < -0.4 is 5.56 Å².